The first-order valence-electron chi connectivity index (χ1n) is 7.69. The molecule has 1 fully saturated rings. The molecule has 1 heterocycles. The zero-order chi connectivity index (χ0) is 16.9. The van der Waals surface area contributed by atoms with Crippen LogP contribution < -0.4 is 4.74 Å². The molecule has 1 aliphatic heterocycles. The van der Waals surface area contributed by atoms with Crippen LogP contribution in [0.3, 0.4) is 0 Å². The van der Waals surface area contributed by atoms with Gasteiger partial charge in [-0.3, -0.25) is 9.69 Å². The van der Waals surface area contributed by atoms with Gasteiger partial charge in [-0.1, -0.05) is 66.4 Å². The van der Waals surface area contributed by atoms with Gasteiger partial charge in [0.15, 0.2) is 0 Å². The quantitative estimate of drug-likeness (QED) is 0.584. The number of benzene rings is 2. The molecule has 0 bridgehead atoms. The van der Waals surface area contributed by atoms with Gasteiger partial charge in [0.05, 0.1) is 4.91 Å². The Labute approximate surface area is 151 Å². The minimum atomic E-state index is -0.0249. The summed E-state index contributed by atoms with van der Waals surface area (Å²) in [6.45, 7) is 3.04. The number of hydrogen-bond donors (Lipinski definition) is 0. The fourth-order valence-corrected chi connectivity index (χ4v) is 3.74. The van der Waals surface area contributed by atoms with Crippen LogP contribution in [0, 0.1) is 0 Å². The summed E-state index contributed by atoms with van der Waals surface area (Å²) in [6, 6.07) is 17.7. The molecule has 3 nitrogen and oxygen atoms in total. The van der Waals surface area contributed by atoms with E-state index >= 15 is 0 Å². The van der Waals surface area contributed by atoms with E-state index in [4.69, 9.17) is 17.0 Å². The van der Waals surface area contributed by atoms with E-state index in [1.807, 2.05) is 67.6 Å². The Bertz CT molecular complexity index is 787. The molecule has 24 heavy (non-hydrogen) atoms. The van der Waals surface area contributed by atoms with Crippen molar-refractivity contribution in [2.24, 2.45) is 0 Å². The van der Waals surface area contributed by atoms with Crippen molar-refractivity contribution in [1.82, 2.24) is 4.90 Å². The van der Waals surface area contributed by atoms with Crippen molar-refractivity contribution in [1.29, 1.82) is 0 Å². The maximum atomic E-state index is 12.3. The van der Waals surface area contributed by atoms with Crippen LogP contribution in [0.4, 0.5) is 0 Å². The maximum Gasteiger partial charge on any atom is 0.266 e. The van der Waals surface area contributed by atoms with Crippen LogP contribution in [-0.4, -0.2) is 21.7 Å². The SMILES string of the molecule is CCN1C(=O)/C(=C/c2cccc(OCc3ccccc3)c2)SC1=S. The van der Waals surface area contributed by atoms with E-state index < -0.39 is 0 Å². The molecule has 0 aliphatic carbocycles. The largest absolute Gasteiger partial charge is 0.489 e. The molecule has 0 spiro atoms. The zero-order valence-electron chi connectivity index (χ0n) is 13.3. The highest BCUT2D eigenvalue weighted by atomic mass is 32.2. The Morgan fingerprint density at radius 2 is 1.96 bits per heavy atom. The summed E-state index contributed by atoms with van der Waals surface area (Å²) in [5.74, 6) is 0.752. The predicted octanol–water partition coefficient (Wildman–Crippen LogP) is 4.49. The third-order valence-corrected chi connectivity index (χ3v) is 4.97. The molecule has 1 saturated heterocycles. The Balaban J connectivity index is 1.73. The molecule has 1 amide bonds. The van der Waals surface area contributed by atoms with Crippen molar-refractivity contribution in [3.05, 3.63) is 70.6 Å². The monoisotopic (exact) mass is 355 g/mol. The van der Waals surface area contributed by atoms with Gasteiger partial charge in [0.2, 0.25) is 0 Å². The Kier molecular flexibility index (Phi) is 5.33. The molecular weight excluding hydrogens is 338 g/mol. The first-order valence-corrected chi connectivity index (χ1v) is 8.92. The molecule has 5 heteroatoms. The number of carbonyl (C=O) groups is 1. The van der Waals surface area contributed by atoms with Crippen LogP contribution >= 0.6 is 24.0 Å². The second kappa shape index (κ2) is 7.64. The minimum Gasteiger partial charge on any atom is -0.489 e. The molecule has 0 atom stereocenters. The first kappa shape index (κ1) is 16.7. The number of ether oxygens (including phenoxy) is 1. The molecule has 1 aliphatic rings. The van der Waals surface area contributed by atoms with E-state index in [-0.39, 0.29) is 5.91 Å². The maximum absolute atomic E-state index is 12.3. The van der Waals surface area contributed by atoms with Crippen molar-refractivity contribution in [2.45, 2.75) is 13.5 Å². The topological polar surface area (TPSA) is 29.5 Å². The van der Waals surface area contributed by atoms with Gasteiger partial charge in [0.1, 0.15) is 16.7 Å². The molecule has 0 saturated carbocycles. The number of nitrogens with zero attached hydrogens (tertiary/aromatic N) is 1. The number of amides is 1. The van der Waals surface area contributed by atoms with Crippen molar-refractivity contribution >= 4 is 40.3 Å². The molecule has 3 rings (SSSR count). The van der Waals surface area contributed by atoms with E-state index in [0.717, 1.165) is 16.9 Å². The Hall–Kier alpha value is -2.11. The van der Waals surface area contributed by atoms with Gasteiger partial charge in [0, 0.05) is 6.54 Å². The van der Waals surface area contributed by atoms with Gasteiger partial charge in [-0.25, -0.2) is 0 Å². The minimum absolute atomic E-state index is 0.0249. The van der Waals surface area contributed by atoms with E-state index in [1.54, 1.807) is 4.90 Å². The van der Waals surface area contributed by atoms with Crippen LogP contribution in [0.5, 0.6) is 5.75 Å². The number of hydrogen-bond acceptors (Lipinski definition) is 4. The highest BCUT2D eigenvalue weighted by Gasteiger charge is 2.30. The standard InChI is InChI=1S/C19H17NO2S2/c1-2-20-18(21)17(24-19(20)23)12-15-9-6-10-16(11-15)22-13-14-7-4-3-5-8-14/h3-12H,2,13H2,1H3/b17-12-. The smallest absolute Gasteiger partial charge is 0.266 e. The Morgan fingerprint density at radius 3 is 2.67 bits per heavy atom. The van der Waals surface area contributed by atoms with Crippen molar-refractivity contribution < 1.29 is 9.53 Å². The highest BCUT2D eigenvalue weighted by Crippen LogP contribution is 2.32. The lowest BCUT2D eigenvalue weighted by Crippen LogP contribution is -2.27. The lowest BCUT2D eigenvalue weighted by molar-refractivity contribution is -0.121. The van der Waals surface area contributed by atoms with Crippen molar-refractivity contribution in [3.63, 3.8) is 0 Å². The summed E-state index contributed by atoms with van der Waals surface area (Å²) in [5, 5.41) is 0. The summed E-state index contributed by atoms with van der Waals surface area (Å²) in [7, 11) is 0. The van der Waals surface area contributed by atoms with Crippen LogP contribution in [0.25, 0.3) is 6.08 Å². The molecule has 0 radical (unpaired) electrons. The molecule has 0 N–H and O–H groups in total. The predicted molar refractivity (Wildman–Crippen MR) is 103 cm³/mol. The summed E-state index contributed by atoms with van der Waals surface area (Å²) in [6.07, 6.45) is 1.87. The van der Waals surface area contributed by atoms with E-state index in [2.05, 4.69) is 0 Å². The van der Waals surface area contributed by atoms with Gasteiger partial charge >= 0.3 is 0 Å². The number of likely N-dealkylation sites (N-methyl/N-ethyl adjacent to an activating group) is 1. The highest BCUT2D eigenvalue weighted by molar-refractivity contribution is 8.26. The van der Waals surface area contributed by atoms with Crippen LogP contribution in [0.15, 0.2) is 59.5 Å². The molecule has 2 aromatic carbocycles. The summed E-state index contributed by atoms with van der Waals surface area (Å²) in [5.41, 5.74) is 2.05. The van der Waals surface area contributed by atoms with Gasteiger partial charge in [-0.15, -0.1) is 0 Å². The first-order chi connectivity index (χ1) is 11.7. The summed E-state index contributed by atoms with van der Waals surface area (Å²) >= 11 is 6.58. The third kappa shape index (κ3) is 3.86. The van der Waals surface area contributed by atoms with Crippen molar-refractivity contribution in [2.75, 3.05) is 6.54 Å². The van der Waals surface area contributed by atoms with E-state index in [0.29, 0.717) is 22.4 Å². The zero-order valence-corrected chi connectivity index (χ0v) is 14.9. The summed E-state index contributed by atoms with van der Waals surface area (Å²) in [4.78, 5) is 14.5. The Morgan fingerprint density at radius 1 is 1.17 bits per heavy atom. The van der Waals surface area contributed by atoms with Crippen LogP contribution in [-0.2, 0) is 11.4 Å². The molecule has 122 valence electrons. The van der Waals surface area contributed by atoms with Gasteiger partial charge in [-0.05, 0) is 36.3 Å². The fourth-order valence-electron chi connectivity index (χ4n) is 2.36. The summed E-state index contributed by atoms with van der Waals surface area (Å²) < 4.78 is 6.45. The van der Waals surface area contributed by atoms with Gasteiger partial charge < -0.3 is 4.74 Å². The average Bonchev–Trinajstić information content (AvgIpc) is 2.87. The molecular formula is C19H17NO2S2. The number of thiocarbonyl (C=S) groups is 1. The molecule has 0 unspecified atom stereocenters. The second-order valence-electron chi connectivity index (χ2n) is 5.27. The molecule has 2 aromatic rings. The van der Waals surface area contributed by atoms with E-state index in [1.165, 1.54) is 11.8 Å². The third-order valence-electron chi connectivity index (χ3n) is 3.59. The fraction of sp³-hybridized carbons (Fsp3) is 0.158. The van der Waals surface area contributed by atoms with Crippen LogP contribution in [0.1, 0.15) is 18.1 Å². The van der Waals surface area contributed by atoms with E-state index in [9.17, 15) is 4.79 Å². The van der Waals surface area contributed by atoms with Gasteiger partial charge in [0.25, 0.3) is 5.91 Å². The van der Waals surface area contributed by atoms with Crippen molar-refractivity contribution in [3.8, 4) is 5.75 Å². The lowest BCUT2D eigenvalue weighted by atomic mass is 10.2. The number of carbonyl (C=O) groups excluding carboxylic acids is 1. The average molecular weight is 355 g/mol. The number of thioether (sulfide) groups is 1. The van der Waals surface area contributed by atoms with Crippen LogP contribution in [0.2, 0.25) is 0 Å². The second-order valence-corrected chi connectivity index (χ2v) is 6.95. The normalized spacial score (nSPS) is 16.0. The molecule has 0 aromatic heterocycles. The van der Waals surface area contributed by atoms with Gasteiger partial charge in [-0.2, -0.15) is 0 Å². The lowest BCUT2D eigenvalue weighted by Gasteiger charge is -2.09. The number of rotatable bonds is 5.